The van der Waals surface area contributed by atoms with Crippen molar-refractivity contribution in [3.8, 4) is 11.4 Å². The molecule has 3 aromatic rings. The van der Waals surface area contributed by atoms with Gasteiger partial charge in [-0.2, -0.15) is 0 Å². The van der Waals surface area contributed by atoms with E-state index in [4.69, 9.17) is 4.74 Å². The Bertz CT molecular complexity index is 1100. The van der Waals surface area contributed by atoms with Crippen LogP contribution in [0.5, 0.6) is 0 Å². The van der Waals surface area contributed by atoms with Gasteiger partial charge in [0.2, 0.25) is 5.91 Å². The van der Waals surface area contributed by atoms with Gasteiger partial charge in [-0.3, -0.25) is 9.59 Å². The molecule has 8 heteroatoms. The van der Waals surface area contributed by atoms with Crippen molar-refractivity contribution in [2.75, 3.05) is 19.6 Å². The maximum atomic E-state index is 13.6. The highest BCUT2D eigenvalue weighted by atomic mass is 19.1. The number of rotatable bonds is 6. The van der Waals surface area contributed by atoms with Crippen LogP contribution < -0.4 is 0 Å². The van der Waals surface area contributed by atoms with Crippen molar-refractivity contribution >= 4 is 11.8 Å². The van der Waals surface area contributed by atoms with Crippen molar-refractivity contribution in [2.24, 2.45) is 0 Å². The average molecular weight is 451 g/mol. The summed E-state index contributed by atoms with van der Waals surface area (Å²) >= 11 is 0. The summed E-state index contributed by atoms with van der Waals surface area (Å²) in [6, 6.07) is 13.3. The third kappa shape index (κ3) is 5.28. The van der Waals surface area contributed by atoms with Crippen molar-refractivity contribution in [2.45, 2.75) is 32.6 Å². The van der Waals surface area contributed by atoms with E-state index in [1.54, 1.807) is 46.5 Å². The Kier molecular flexibility index (Phi) is 6.84. The number of hydrogen-bond donors (Lipinski definition) is 1. The molecule has 172 valence electrons. The summed E-state index contributed by atoms with van der Waals surface area (Å²) < 4.78 is 19.3. The van der Waals surface area contributed by atoms with Gasteiger partial charge in [0.15, 0.2) is 0 Å². The largest absolute Gasteiger partial charge is 0.370 e. The number of imidazole rings is 1. The molecule has 1 N–H and O–H groups in total. The zero-order valence-electron chi connectivity index (χ0n) is 18.7. The minimum absolute atomic E-state index is 0.0279. The van der Waals surface area contributed by atoms with Crippen LogP contribution in [0.15, 0.2) is 60.9 Å². The highest BCUT2D eigenvalue weighted by Crippen LogP contribution is 2.23. The highest BCUT2D eigenvalue weighted by molar-refractivity contribution is 6.01. The van der Waals surface area contributed by atoms with Crippen LogP contribution in [0.25, 0.3) is 11.4 Å². The molecule has 4 rings (SSSR count). The molecular formula is C25H27FN4O3. The molecule has 1 aromatic heterocycles. The van der Waals surface area contributed by atoms with E-state index in [1.165, 1.54) is 12.1 Å². The number of ether oxygens (including phenoxy) is 1. The molecule has 7 nitrogen and oxygen atoms in total. The highest BCUT2D eigenvalue weighted by Gasteiger charge is 2.33. The predicted molar refractivity (Wildman–Crippen MR) is 122 cm³/mol. The van der Waals surface area contributed by atoms with Crippen molar-refractivity contribution in [3.05, 3.63) is 77.9 Å². The Morgan fingerprint density at radius 1 is 1.18 bits per heavy atom. The molecule has 1 aliphatic rings. The number of carbonyl (C=O) groups is 2. The van der Waals surface area contributed by atoms with E-state index in [0.29, 0.717) is 23.5 Å². The minimum Gasteiger partial charge on any atom is -0.370 e. The van der Waals surface area contributed by atoms with Gasteiger partial charge in [-0.1, -0.05) is 30.3 Å². The topological polar surface area (TPSA) is 78.5 Å². The molecule has 0 spiro atoms. The molecule has 2 heterocycles. The monoisotopic (exact) mass is 450 g/mol. The number of H-pyrrole nitrogens is 1. The van der Waals surface area contributed by atoms with Crippen molar-refractivity contribution in [1.82, 2.24) is 19.8 Å². The van der Waals surface area contributed by atoms with E-state index in [0.717, 1.165) is 5.56 Å². The predicted octanol–water partition coefficient (Wildman–Crippen LogP) is 3.49. The van der Waals surface area contributed by atoms with E-state index in [1.807, 2.05) is 26.0 Å². The van der Waals surface area contributed by atoms with Crippen LogP contribution in [0.2, 0.25) is 0 Å². The average Bonchev–Trinajstić information content (AvgIpc) is 3.29. The number of amides is 2. The van der Waals surface area contributed by atoms with E-state index < -0.39 is 0 Å². The van der Waals surface area contributed by atoms with Gasteiger partial charge in [-0.25, -0.2) is 9.37 Å². The Morgan fingerprint density at radius 2 is 1.94 bits per heavy atom. The lowest BCUT2D eigenvalue weighted by molar-refractivity contribution is -0.133. The fourth-order valence-corrected chi connectivity index (χ4v) is 3.96. The summed E-state index contributed by atoms with van der Waals surface area (Å²) in [6.07, 6.45) is 2.95. The molecule has 33 heavy (non-hydrogen) atoms. The molecule has 2 amide bonds. The maximum absolute atomic E-state index is 13.6. The number of aromatic nitrogens is 2. The smallest absolute Gasteiger partial charge is 0.255 e. The number of halogens is 1. The van der Waals surface area contributed by atoms with E-state index in [9.17, 15) is 14.0 Å². The lowest BCUT2D eigenvalue weighted by Gasteiger charge is -2.27. The first-order chi connectivity index (χ1) is 15.9. The molecule has 1 saturated heterocycles. The first-order valence-electron chi connectivity index (χ1n) is 11.0. The van der Waals surface area contributed by atoms with Gasteiger partial charge in [-0.15, -0.1) is 0 Å². The Hall–Kier alpha value is -3.52. The van der Waals surface area contributed by atoms with Crippen molar-refractivity contribution in [3.63, 3.8) is 0 Å². The van der Waals surface area contributed by atoms with Gasteiger partial charge in [0.25, 0.3) is 5.91 Å². The second-order valence-electron chi connectivity index (χ2n) is 8.37. The second kappa shape index (κ2) is 9.95. The van der Waals surface area contributed by atoms with Crippen LogP contribution in [-0.4, -0.2) is 63.4 Å². The molecule has 2 aromatic carbocycles. The molecule has 0 aliphatic carbocycles. The lowest BCUT2D eigenvalue weighted by Crippen LogP contribution is -2.42. The zero-order chi connectivity index (χ0) is 23.4. The normalized spacial score (nSPS) is 16.8. The van der Waals surface area contributed by atoms with Crippen LogP contribution in [0.3, 0.4) is 0 Å². The molecule has 1 fully saturated rings. The molecule has 1 atom stereocenters. The molecule has 0 saturated carbocycles. The Labute approximate surface area is 192 Å². The molecule has 0 radical (unpaired) electrons. The number of benzene rings is 2. The molecule has 0 bridgehead atoms. The van der Waals surface area contributed by atoms with E-state index in [2.05, 4.69) is 9.97 Å². The van der Waals surface area contributed by atoms with Crippen LogP contribution in [0, 0.1) is 5.82 Å². The SMILES string of the molecule is CC(C)N1C[C@H](OCc2ccc(F)cc2)CN(C(=O)c2ccccc2-c2ncc[nH]2)CC1=O. The van der Waals surface area contributed by atoms with Gasteiger partial charge in [-0.05, 0) is 37.6 Å². The number of hydrogen-bond acceptors (Lipinski definition) is 4. The van der Waals surface area contributed by atoms with E-state index >= 15 is 0 Å². The molecule has 0 unspecified atom stereocenters. The van der Waals surface area contributed by atoms with Crippen LogP contribution in [0.1, 0.15) is 29.8 Å². The summed E-state index contributed by atoms with van der Waals surface area (Å²) in [5.74, 6) is -0.0946. The number of nitrogens with zero attached hydrogens (tertiary/aromatic N) is 3. The quantitative estimate of drug-likeness (QED) is 0.624. The van der Waals surface area contributed by atoms with Gasteiger partial charge < -0.3 is 19.5 Å². The second-order valence-corrected chi connectivity index (χ2v) is 8.37. The summed E-state index contributed by atoms with van der Waals surface area (Å²) in [4.78, 5) is 37.1. The third-order valence-electron chi connectivity index (χ3n) is 5.69. The van der Waals surface area contributed by atoms with Crippen LogP contribution in [-0.2, 0) is 16.1 Å². The first kappa shape index (κ1) is 22.7. The zero-order valence-corrected chi connectivity index (χ0v) is 18.7. The van der Waals surface area contributed by atoms with Gasteiger partial charge in [0.1, 0.15) is 18.2 Å². The third-order valence-corrected chi connectivity index (χ3v) is 5.69. The number of aromatic amines is 1. The van der Waals surface area contributed by atoms with Gasteiger partial charge >= 0.3 is 0 Å². The number of carbonyl (C=O) groups excluding carboxylic acids is 2. The molecule has 1 aliphatic heterocycles. The first-order valence-corrected chi connectivity index (χ1v) is 11.0. The van der Waals surface area contributed by atoms with Crippen molar-refractivity contribution in [1.29, 1.82) is 0 Å². The van der Waals surface area contributed by atoms with Crippen molar-refractivity contribution < 1.29 is 18.7 Å². The summed E-state index contributed by atoms with van der Waals surface area (Å²) in [5, 5.41) is 0. The fourth-order valence-electron chi connectivity index (χ4n) is 3.96. The number of nitrogens with one attached hydrogen (secondary N) is 1. The fraction of sp³-hybridized carbons (Fsp3) is 0.320. The standard InChI is InChI=1S/C25H27FN4O3/c1-17(2)30-14-20(33-16-18-7-9-19(26)10-8-18)13-29(15-23(30)31)25(32)22-6-4-3-5-21(22)24-27-11-12-28-24/h3-12,17,20H,13-16H2,1-2H3,(H,27,28)/t20-/m1/s1. The summed E-state index contributed by atoms with van der Waals surface area (Å²) in [5.41, 5.74) is 1.97. The summed E-state index contributed by atoms with van der Waals surface area (Å²) in [7, 11) is 0. The lowest BCUT2D eigenvalue weighted by atomic mass is 10.1. The Balaban J connectivity index is 1.57. The Morgan fingerprint density at radius 3 is 2.64 bits per heavy atom. The van der Waals surface area contributed by atoms with Crippen LogP contribution >= 0.6 is 0 Å². The van der Waals surface area contributed by atoms with Crippen LogP contribution in [0.4, 0.5) is 4.39 Å². The summed E-state index contributed by atoms with van der Waals surface area (Å²) in [6.45, 7) is 4.76. The minimum atomic E-state index is -0.386. The molecular weight excluding hydrogens is 423 g/mol. The van der Waals surface area contributed by atoms with Gasteiger partial charge in [0.05, 0.1) is 18.3 Å². The van der Waals surface area contributed by atoms with Gasteiger partial charge in [0, 0.05) is 37.1 Å². The van der Waals surface area contributed by atoms with E-state index in [-0.39, 0.29) is 49.5 Å². The maximum Gasteiger partial charge on any atom is 0.255 e.